The molecule has 0 radical (unpaired) electrons. The highest BCUT2D eigenvalue weighted by Gasteiger charge is 2.41. The molecule has 208 valence electrons. The minimum absolute atomic E-state index is 0.0587. The first kappa shape index (κ1) is 26.4. The van der Waals surface area contributed by atoms with Crippen molar-refractivity contribution in [3.05, 3.63) is 130 Å². The maximum absolute atomic E-state index is 5.33. The number of aliphatic imine (C=N–C) groups is 2. The predicted molar refractivity (Wildman–Crippen MR) is 176 cm³/mol. The topological polar surface area (TPSA) is 57.8 Å². The van der Waals surface area contributed by atoms with Crippen molar-refractivity contribution in [3.8, 4) is 5.69 Å². The van der Waals surface area contributed by atoms with E-state index in [1.807, 2.05) is 53.2 Å². The third-order valence-electron chi connectivity index (χ3n) is 7.84. The quantitative estimate of drug-likeness (QED) is 0.220. The lowest BCUT2D eigenvalue weighted by molar-refractivity contribution is 0.589. The molecule has 0 saturated carbocycles. The first-order valence-electron chi connectivity index (χ1n) is 14.1. The van der Waals surface area contributed by atoms with Crippen molar-refractivity contribution < 1.29 is 0 Å². The number of anilines is 2. The smallest absolute Gasteiger partial charge is 0.179 e. The second kappa shape index (κ2) is 10.1. The zero-order chi connectivity index (χ0) is 29.0. The van der Waals surface area contributed by atoms with Gasteiger partial charge in [-0.15, -0.1) is 0 Å². The molecule has 2 aliphatic rings. The van der Waals surface area contributed by atoms with E-state index in [2.05, 4.69) is 108 Å². The maximum Gasteiger partial charge on any atom is 0.179 e. The van der Waals surface area contributed by atoms with Crippen LogP contribution in [0.5, 0.6) is 0 Å². The third kappa shape index (κ3) is 4.54. The molecule has 7 heteroatoms. The number of para-hydroxylation sites is 3. The summed E-state index contributed by atoms with van der Waals surface area (Å²) >= 11 is 3.55. The van der Waals surface area contributed by atoms with Crippen molar-refractivity contribution in [2.24, 2.45) is 9.98 Å². The average molecular weight is 616 g/mol. The Morgan fingerprint density at radius 3 is 2.19 bits per heavy atom. The SMILES string of the molecule is Cc1nn(-c2ccccc2)c2c1C(c1ccc(C(C)(C)C)cc1)N1C(=N2)C(Nc2ccc(Br)cc2)=Nc2ccccc21. The molecule has 0 spiro atoms. The number of hydrogen-bond acceptors (Lipinski definition) is 5. The lowest BCUT2D eigenvalue weighted by atomic mass is 9.85. The van der Waals surface area contributed by atoms with Crippen molar-refractivity contribution in [2.45, 2.75) is 39.2 Å². The molecule has 1 aromatic heterocycles. The fourth-order valence-electron chi connectivity index (χ4n) is 5.70. The van der Waals surface area contributed by atoms with E-state index < -0.39 is 0 Å². The summed E-state index contributed by atoms with van der Waals surface area (Å²) in [5, 5.41) is 8.62. The molecule has 4 aromatic carbocycles. The number of aromatic nitrogens is 2. The second-order valence-electron chi connectivity index (χ2n) is 11.7. The standard InChI is InChI=1S/C35H31BrN6/c1-22-30-31(23-14-16-24(17-15-23)35(2,3)4)41-29-13-9-8-12-28(29)38-32(37-26-20-18-25(36)19-21-26)34(41)39-33(30)42(40-22)27-10-6-5-7-11-27/h5-21,31H,1-4H3,(H,37,38). The van der Waals surface area contributed by atoms with E-state index in [0.29, 0.717) is 5.84 Å². The van der Waals surface area contributed by atoms with E-state index in [4.69, 9.17) is 15.1 Å². The molecule has 2 aliphatic heterocycles. The highest BCUT2D eigenvalue weighted by Crippen LogP contribution is 2.48. The van der Waals surface area contributed by atoms with Crippen LogP contribution in [0.15, 0.2) is 118 Å². The molecule has 0 saturated heterocycles. The van der Waals surface area contributed by atoms with Gasteiger partial charge in [0, 0.05) is 15.7 Å². The van der Waals surface area contributed by atoms with Crippen molar-refractivity contribution in [1.82, 2.24) is 9.78 Å². The van der Waals surface area contributed by atoms with Crippen LogP contribution in [0.1, 0.15) is 49.2 Å². The van der Waals surface area contributed by atoms with Gasteiger partial charge in [-0.3, -0.25) is 0 Å². The summed E-state index contributed by atoms with van der Waals surface area (Å²) in [5.74, 6) is 2.27. The lowest BCUT2D eigenvalue weighted by Crippen LogP contribution is -2.46. The fourth-order valence-corrected chi connectivity index (χ4v) is 5.96. The van der Waals surface area contributed by atoms with Gasteiger partial charge in [-0.2, -0.15) is 5.10 Å². The number of benzene rings is 4. The number of hydrogen-bond donors (Lipinski definition) is 1. The van der Waals surface area contributed by atoms with Gasteiger partial charge in [0.1, 0.15) is 0 Å². The van der Waals surface area contributed by atoms with E-state index in [0.717, 1.165) is 50.1 Å². The molecule has 0 fully saturated rings. The van der Waals surface area contributed by atoms with Crippen LogP contribution >= 0.6 is 15.9 Å². The van der Waals surface area contributed by atoms with Gasteiger partial charge in [-0.1, -0.05) is 91.3 Å². The average Bonchev–Trinajstić information content (AvgIpc) is 3.33. The molecule has 6 nitrogen and oxygen atoms in total. The number of amidine groups is 2. The summed E-state index contributed by atoms with van der Waals surface area (Å²) in [6, 6.07) is 35.5. The van der Waals surface area contributed by atoms with E-state index in [9.17, 15) is 0 Å². The van der Waals surface area contributed by atoms with Crippen LogP contribution in [-0.2, 0) is 5.41 Å². The Labute approximate surface area is 254 Å². The number of rotatable bonds is 3. The van der Waals surface area contributed by atoms with Crippen molar-refractivity contribution >= 4 is 50.5 Å². The Morgan fingerprint density at radius 1 is 0.786 bits per heavy atom. The van der Waals surface area contributed by atoms with Gasteiger partial charge in [0.25, 0.3) is 0 Å². The fraction of sp³-hybridized carbons (Fsp3) is 0.171. The van der Waals surface area contributed by atoms with Gasteiger partial charge in [0.2, 0.25) is 0 Å². The first-order valence-corrected chi connectivity index (χ1v) is 14.9. The summed E-state index contributed by atoms with van der Waals surface area (Å²) in [6.45, 7) is 8.82. The molecular formula is C35H31BrN6. The Balaban J connectivity index is 1.47. The number of nitrogens with zero attached hydrogens (tertiary/aromatic N) is 5. The van der Waals surface area contributed by atoms with Crippen LogP contribution in [0, 0.1) is 6.92 Å². The van der Waals surface area contributed by atoms with Gasteiger partial charge in [0.05, 0.1) is 28.8 Å². The molecule has 42 heavy (non-hydrogen) atoms. The Bertz CT molecular complexity index is 1850. The summed E-state index contributed by atoms with van der Waals surface area (Å²) in [7, 11) is 0. The second-order valence-corrected chi connectivity index (χ2v) is 12.6. The van der Waals surface area contributed by atoms with Crippen LogP contribution < -0.4 is 10.2 Å². The molecule has 1 unspecified atom stereocenters. The normalized spacial score (nSPS) is 15.7. The van der Waals surface area contributed by atoms with E-state index in [-0.39, 0.29) is 11.5 Å². The molecule has 0 aliphatic carbocycles. The van der Waals surface area contributed by atoms with E-state index in [1.54, 1.807) is 0 Å². The third-order valence-corrected chi connectivity index (χ3v) is 8.37. The van der Waals surface area contributed by atoms with Crippen molar-refractivity contribution in [3.63, 3.8) is 0 Å². The molecule has 5 aromatic rings. The van der Waals surface area contributed by atoms with Gasteiger partial charge in [-0.05, 0) is 72.0 Å². The predicted octanol–water partition coefficient (Wildman–Crippen LogP) is 9.04. The van der Waals surface area contributed by atoms with Gasteiger partial charge in [-0.25, -0.2) is 14.7 Å². The monoisotopic (exact) mass is 614 g/mol. The number of aryl methyl sites for hydroxylation is 1. The lowest BCUT2D eigenvalue weighted by Gasteiger charge is -2.40. The summed E-state index contributed by atoms with van der Waals surface area (Å²) in [4.78, 5) is 12.7. The van der Waals surface area contributed by atoms with Crippen LogP contribution in [0.4, 0.5) is 22.9 Å². The molecule has 7 rings (SSSR count). The molecule has 3 heterocycles. The Kier molecular flexibility index (Phi) is 6.35. The van der Waals surface area contributed by atoms with Gasteiger partial charge < -0.3 is 10.2 Å². The molecule has 0 amide bonds. The summed E-state index contributed by atoms with van der Waals surface area (Å²) < 4.78 is 2.98. The van der Waals surface area contributed by atoms with E-state index >= 15 is 0 Å². The van der Waals surface area contributed by atoms with E-state index in [1.165, 1.54) is 11.1 Å². The minimum atomic E-state index is -0.155. The Morgan fingerprint density at radius 2 is 1.48 bits per heavy atom. The number of fused-ring (bicyclic) bond motifs is 4. The van der Waals surface area contributed by atoms with Crippen LogP contribution in [0.3, 0.4) is 0 Å². The number of halogens is 1. The Hall–Kier alpha value is -4.49. The zero-order valence-electron chi connectivity index (χ0n) is 24.0. The largest absolute Gasteiger partial charge is 0.337 e. The zero-order valence-corrected chi connectivity index (χ0v) is 25.6. The van der Waals surface area contributed by atoms with Gasteiger partial charge in [0.15, 0.2) is 17.5 Å². The maximum atomic E-state index is 5.33. The summed E-state index contributed by atoms with van der Waals surface area (Å²) in [5.41, 5.74) is 8.38. The molecule has 1 atom stereocenters. The van der Waals surface area contributed by atoms with Crippen molar-refractivity contribution in [2.75, 3.05) is 10.2 Å². The van der Waals surface area contributed by atoms with Crippen LogP contribution in [-0.4, -0.2) is 21.5 Å². The van der Waals surface area contributed by atoms with Gasteiger partial charge >= 0.3 is 0 Å². The highest BCUT2D eigenvalue weighted by molar-refractivity contribution is 9.10. The molecule has 1 N–H and O–H groups in total. The first-order chi connectivity index (χ1) is 20.3. The minimum Gasteiger partial charge on any atom is -0.337 e. The number of nitrogens with one attached hydrogen (secondary N) is 1. The van der Waals surface area contributed by atoms with Crippen LogP contribution in [0.2, 0.25) is 0 Å². The highest BCUT2D eigenvalue weighted by atomic mass is 79.9. The molecule has 0 bridgehead atoms. The molecular weight excluding hydrogens is 584 g/mol. The van der Waals surface area contributed by atoms with Crippen molar-refractivity contribution in [1.29, 1.82) is 0 Å². The van der Waals surface area contributed by atoms with Crippen LogP contribution in [0.25, 0.3) is 5.69 Å². The summed E-state index contributed by atoms with van der Waals surface area (Å²) in [6.07, 6.45) is 0.